The van der Waals surface area contributed by atoms with Crippen LogP contribution in [0.4, 0.5) is 0 Å². The Morgan fingerprint density at radius 3 is 2.62 bits per heavy atom. The molecule has 0 spiro atoms. The Balaban J connectivity index is 1.79. The molecule has 1 fully saturated rings. The van der Waals surface area contributed by atoms with E-state index in [1.54, 1.807) is 20.1 Å². The van der Waals surface area contributed by atoms with Gasteiger partial charge < -0.3 is 4.74 Å². The van der Waals surface area contributed by atoms with Crippen LogP contribution in [0.25, 0.3) is 0 Å². The lowest BCUT2D eigenvalue weighted by Crippen LogP contribution is -2.28. The van der Waals surface area contributed by atoms with Crippen LogP contribution < -0.4 is 4.74 Å². The van der Waals surface area contributed by atoms with Crippen LogP contribution in [0.5, 0.6) is 5.75 Å². The predicted octanol–water partition coefficient (Wildman–Crippen LogP) is 3.23. The molecule has 2 aromatic rings. The smallest absolute Gasteiger partial charge is 0.244 e. The summed E-state index contributed by atoms with van der Waals surface area (Å²) in [4.78, 5) is 4.15. The number of pyridine rings is 1. The zero-order valence-corrected chi connectivity index (χ0v) is 15.1. The van der Waals surface area contributed by atoms with Gasteiger partial charge in [-0.3, -0.25) is 0 Å². The zero-order chi connectivity index (χ0) is 17.3. The number of aromatic nitrogens is 1. The average molecular weight is 367 g/mol. The van der Waals surface area contributed by atoms with Gasteiger partial charge in [0.15, 0.2) is 0 Å². The maximum absolute atomic E-state index is 12.8. The van der Waals surface area contributed by atoms with Crippen molar-refractivity contribution in [3.05, 3.63) is 52.8 Å². The van der Waals surface area contributed by atoms with Crippen molar-refractivity contribution < 1.29 is 13.2 Å². The number of sulfonamides is 1. The van der Waals surface area contributed by atoms with E-state index < -0.39 is 10.0 Å². The van der Waals surface area contributed by atoms with Gasteiger partial charge in [0.25, 0.3) is 0 Å². The molecular formula is C17H19ClN2O3S. The van der Waals surface area contributed by atoms with Crippen LogP contribution in [0, 0.1) is 6.92 Å². The number of methoxy groups -OCH3 is 1. The SMILES string of the molecule is COc1ccc(C2CCN(S(=O)(=O)c3cnc(Cl)c(C)c3)C2)cc1. The molecule has 128 valence electrons. The Hall–Kier alpha value is -1.63. The highest BCUT2D eigenvalue weighted by molar-refractivity contribution is 7.89. The van der Waals surface area contributed by atoms with Crippen molar-refractivity contribution in [1.29, 1.82) is 0 Å². The highest BCUT2D eigenvalue weighted by atomic mass is 35.5. The van der Waals surface area contributed by atoms with Crippen LogP contribution in [0.1, 0.15) is 23.5 Å². The van der Waals surface area contributed by atoms with Gasteiger partial charge in [0.2, 0.25) is 10.0 Å². The first kappa shape index (κ1) is 17.2. The van der Waals surface area contributed by atoms with Crippen molar-refractivity contribution in [3.8, 4) is 5.75 Å². The summed E-state index contributed by atoms with van der Waals surface area (Å²) in [5, 5.41) is 0.325. The molecule has 1 saturated heterocycles. The fraction of sp³-hybridized carbons (Fsp3) is 0.353. The number of halogens is 1. The summed E-state index contributed by atoms with van der Waals surface area (Å²) in [6.07, 6.45) is 2.12. The second-order valence-electron chi connectivity index (χ2n) is 5.90. The van der Waals surface area contributed by atoms with Gasteiger partial charge in [0.1, 0.15) is 15.8 Å². The van der Waals surface area contributed by atoms with Gasteiger partial charge in [-0.2, -0.15) is 4.31 Å². The Morgan fingerprint density at radius 1 is 1.29 bits per heavy atom. The van der Waals surface area contributed by atoms with Gasteiger partial charge in [-0.25, -0.2) is 13.4 Å². The van der Waals surface area contributed by atoms with Crippen molar-refractivity contribution in [3.63, 3.8) is 0 Å². The quantitative estimate of drug-likeness (QED) is 0.779. The fourth-order valence-corrected chi connectivity index (χ4v) is 4.55. The summed E-state index contributed by atoms with van der Waals surface area (Å²) in [5.74, 6) is 0.982. The number of hydrogen-bond donors (Lipinski definition) is 0. The molecule has 1 aromatic carbocycles. The van der Waals surface area contributed by atoms with Gasteiger partial charge in [-0.1, -0.05) is 23.7 Å². The number of benzene rings is 1. The third kappa shape index (κ3) is 3.27. The number of rotatable bonds is 4. The summed E-state index contributed by atoms with van der Waals surface area (Å²) >= 11 is 5.89. The van der Waals surface area contributed by atoms with Gasteiger partial charge in [0, 0.05) is 19.3 Å². The molecule has 0 saturated carbocycles. The topological polar surface area (TPSA) is 59.5 Å². The van der Waals surface area contributed by atoms with E-state index in [4.69, 9.17) is 16.3 Å². The number of ether oxygens (including phenoxy) is 1. The summed E-state index contributed by atoms with van der Waals surface area (Å²) in [7, 11) is -1.92. The molecule has 1 unspecified atom stereocenters. The summed E-state index contributed by atoms with van der Waals surface area (Å²) in [6.45, 7) is 2.72. The van der Waals surface area contributed by atoms with E-state index in [9.17, 15) is 8.42 Å². The molecule has 0 aliphatic carbocycles. The third-order valence-corrected chi connectivity index (χ3v) is 6.59. The van der Waals surface area contributed by atoms with E-state index in [0.29, 0.717) is 23.8 Å². The summed E-state index contributed by atoms with van der Waals surface area (Å²) in [6, 6.07) is 9.37. The number of nitrogens with zero attached hydrogens (tertiary/aromatic N) is 2. The maximum Gasteiger partial charge on any atom is 0.244 e. The molecule has 7 heteroatoms. The summed E-state index contributed by atoms with van der Waals surface area (Å²) < 4.78 is 32.3. The van der Waals surface area contributed by atoms with Crippen molar-refractivity contribution in [2.24, 2.45) is 0 Å². The Bertz CT molecular complexity index is 837. The summed E-state index contributed by atoms with van der Waals surface area (Å²) in [5.41, 5.74) is 1.78. The molecule has 3 rings (SSSR count). The van der Waals surface area contributed by atoms with Gasteiger partial charge >= 0.3 is 0 Å². The lowest BCUT2D eigenvalue weighted by atomic mass is 9.99. The fourth-order valence-electron chi connectivity index (χ4n) is 2.92. The predicted molar refractivity (Wildman–Crippen MR) is 93.1 cm³/mol. The largest absolute Gasteiger partial charge is 0.497 e. The first-order valence-electron chi connectivity index (χ1n) is 7.68. The highest BCUT2D eigenvalue weighted by Crippen LogP contribution is 2.32. The van der Waals surface area contributed by atoms with Crippen LogP contribution in [-0.4, -0.2) is 37.9 Å². The van der Waals surface area contributed by atoms with Crippen LogP contribution >= 0.6 is 11.6 Å². The van der Waals surface area contributed by atoms with Crippen LogP contribution in [-0.2, 0) is 10.0 Å². The van der Waals surface area contributed by atoms with E-state index in [2.05, 4.69) is 4.98 Å². The molecule has 0 N–H and O–H groups in total. The molecule has 1 aliphatic rings. The Kier molecular flexibility index (Phi) is 4.80. The van der Waals surface area contributed by atoms with Crippen molar-refractivity contribution >= 4 is 21.6 Å². The second-order valence-corrected chi connectivity index (χ2v) is 8.20. The van der Waals surface area contributed by atoms with Crippen LogP contribution in [0.3, 0.4) is 0 Å². The molecule has 0 amide bonds. The van der Waals surface area contributed by atoms with E-state index in [1.807, 2.05) is 24.3 Å². The molecule has 1 atom stereocenters. The normalized spacial score (nSPS) is 18.7. The van der Waals surface area contributed by atoms with Gasteiger partial charge in [-0.15, -0.1) is 0 Å². The number of aryl methyl sites for hydroxylation is 1. The average Bonchev–Trinajstić information content (AvgIpc) is 3.08. The van der Waals surface area contributed by atoms with Crippen molar-refractivity contribution in [1.82, 2.24) is 9.29 Å². The molecule has 0 radical (unpaired) electrons. The Labute approximate surface area is 147 Å². The second kappa shape index (κ2) is 6.70. The minimum absolute atomic E-state index is 0.187. The molecular weight excluding hydrogens is 348 g/mol. The lowest BCUT2D eigenvalue weighted by Gasteiger charge is -2.17. The Morgan fingerprint density at radius 2 is 2.00 bits per heavy atom. The molecule has 2 heterocycles. The maximum atomic E-state index is 12.8. The standard InChI is InChI=1S/C17H19ClN2O3S/c1-12-9-16(10-19-17(12)18)24(21,22)20-8-7-14(11-20)13-3-5-15(23-2)6-4-13/h3-6,9-10,14H,7-8,11H2,1-2H3. The monoisotopic (exact) mass is 366 g/mol. The van der Waals surface area contributed by atoms with Crippen LogP contribution in [0.2, 0.25) is 5.15 Å². The van der Waals surface area contributed by atoms with E-state index >= 15 is 0 Å². The minimum Gasteiger partial charge on any atom is -0.497 e. The van der Waals surface area contributed by atoms with E-state index in [1.165, 1.54) is 10.5 Å². The highest BCUT2D eigenvalue weighted by Gasteiger charge is 2.33. The molecule has 1 aliphatic heterocycles. The minimum atomic E-state index is -3.54. The molecule has 1 aromatic heterocycles. The van der Waals surface area contributed by atoms with E-state index in [0.717, 1.165) is 17.7 Å². The first-order valence-corrected chi connectivity index (χ1v) is 9.50. The lowest BCUT2D eigenvalue weighted by molar-refractivity contribution is 0.414. The zero-order valence-electron chi connectivity index (χ0n) is 13.6. The van der Waals surface area contributed by atoms with Gasteiger partial charge in [-0.05, 0) is 48.6 Å². The first-order chi connectivity index (χ1) is 11.4. The number of hydrogen-bond acceptors (Lipinski definition) is 4. The molecule has 0 bridgehead atoms. The third-order valence-electron chi connectivity index (χ3n) is 4.37. The van der Waals surface area contributed by atoms with Crippen molar-refractivity contribution in [2.75, 3.05) is 20.2 Å². The van der Waals surface area contributed by atoms with Gasteiger partial charge in [0.05, 0.1) is 7.11 Å². The van der Waals surface area contributed by atoms with Crippen LogP contribution in [0.15, 0.2) is 41.4 Å². The molecule has 24 heavy (non-hydrogen) atoms. The van der Waals surface area contributed by atoms with E-state index in [-0.39, 0.29) is 10.8 Å². The molecule has 5 nitrogen and oxygen atoms in total. The van der Waals surface area contributed by atoms with Crippen molar-refractivity contribution in [2.45, 2.75) is 24.2 Å².